The van der Waals surface area contributed by atoms with Crippen LogP contribution in [-0.2, 0) is 4.74 Å². The van der Waals surface area contributed by atoms with Gasteiger partial charge in [-0.25, -0.2) is 23.1 Å². The van der Waals surface area contributed by atoms with E-state index in [1.165, 1.54) is 12.3 Å². The fourth-order valence-corrected chi connectivity index (χ4v) is 3.74. The zero-order chi connectivity index (χ0) is 22.2. The van der Waals surface area contributed by atoms with Crippen molar-refractivity contribution in [2.75, 3.05) is 36.5 Å². The van der Waals surface area contributed by atoms with Gasteiger partial charge in [0.1, 0.15) is 23.1 Å². The van der Waals surface area contributed by atoms with Gasteiger partial charge in [-0.1, -0.05) is 6.07 Å². The standard InChI is InChI=1S/C22H18F3N5O2/c23-13-2-1-3-14(24)17(13)20-19(25)21(18-15(28-20)11-27-22(18)31)29-16-5-4-12(10-26-16)30-6-8-32-9-7-30/h1-5,10-11,27,31H,6-9H2,(H,26,29). The second-order valence-corrected chi connectivity index (χ2v) is 7.27. The fraction of sp³-hybridized carbons (Fsp3) is 0.182. The highest BCUT2D eigenvalue weighted by molar-refractivity contribution is 5.99. The van der Waals surface area contributed by atoms with E-state index < -0.39 is 28.7 Å². The van der Waals surface area contributed by atoms with Gasteiger partial charge in [0, 0.05) is 19.3 Å². The molecule has 7 nitrogen and oxygen atoms in total. The molecule has 3 aromatic heterocycles. The zero-order valence-electron chi connectivity index (χ0n) is 16.7. The highest BCUT2D eigenvalue weighted by atomic mass is 19.1. The number of ether oxygens (including phenoxy) is 1. The van der Waals surface area contributed by atoms with Crippen molar-refractivity contribution >= 4 is 28.1 Å². The van der Waals surface area contributed by atoms with E-state index in [9.17, 15) is 13.9 Å². The molecular weight excluding hydrogens is 423 g/mol. The predicted molar refractivity (Wildman–Crippen MR) is 114 cm³/mol. The maximum Gasteiger partial charge on any atom is 0.200 e. The summed E-state index contributed by atoms with van der Waals surface area (Å²) in [7, 11) is 0. The summed E-state index contributed by atoms with van der Waals surface area (Å²) in [5.41, 5.74) is -0.282. The Labute approximate surface area is 180 Å². The van der Waals surface area contributed by atoms with Crippen molar-refractivity contribution in [1.29, 1.82) is 0 Å². The minimum atomic E-state index is -1.02. The van der Waals surface area contributed by atoms with Crippen LogP contribution in [0.3, 0.4) is 0 Å². The first-order valence-electron chi connectivity index (χ1n) is 9.92. The Balaban J connectivity index is 1.57. The zero-order valence-corrected chi connectivity index (χ0v) is 16.7. The normalized spacial score (nSPS) is 14.2. The van der Waals surface area contributed by atoms with Crippen LogP contribution < -0.4 is 10.2 Å². The average Bonchev–Trinajstić information content (AvgIpc) is 3.17. The van der Waals surface area contributed by atoms with Gasteiger partial charge in [-0.05, 0) is 24.3 Å². The number of anilines is 3. The molecule has 1 aliphatic heterocycles. The van der Waals surface area contributed by atoms with Crippen LogP contribution in [0.25, 0.3) is 22.2 Å². The first-order valence-corrected chi connectivity index (χ1v) is 9.92. The number of rotatable bonds is 4. The van der Waals surface area contributed by atoms with Crippen LogP contribution in [-0.4, -0.2) is 46.4 Å². The maximum absolute atomic E-state index is 15.5. The molecule has 4 aromatic rings. The van der Waals surface area contributed by atoms with E-state index in [0.29, 0.717) is 13.2 Å². The Bertz CT molecular complexity index is 1270. The van der Waals surface area contributed by atoms with Crippen molar-refractivity contribution in [3.8, 4) is 17.1 Å². The van der Waals surface area contributed by atoms with Crippen LogP contribution >= 0.6 is 0 Å². The number of nitrogens with one attached hydrogen (secondary N) is 2. The van der Waals surface area contributed by atoms with E-state index in [2.05, 4.69) is 25.2 Å². The fourth-order valence-electron chi connectivity index (χ4n) is 3.74. The van der Waals surface area contributed by atoms with Crippen LogP contribution in [0.2, 0.25) is 0 Å². The lowest BCUT2D eigenvalue weighted by molar-refractivity contribution is 0.122. The van der Waals surface area contributed by atoms with Crippen LogP contribution in [0.1, 0.15) is 0 Å². The third kappa shape index (κ3) is 3.48. The molecule has 1 aromatic carbocycles. The molecule has 1 aliphatic rings. The van der Waals surface area contributed by atoms with E-state index in [1.807, 2.05) is 6.07 Å². The summed E-state index contributed by atoms with van der Waals surface area (Å²) in [6.45, 7) is 2.73. The number of H-pyrrole nitrogens is 1. The number of aromatic nitrogens is 3. The summed E-state index contributed by atoms with van der Waals surface area (Å²) < 4.78 is 49.6. The summed E-state index contributed by atoms with van der Waals surface area (Å²) in [5, 5.41) is 13.1. The molecular formula is C22H18F3N5O2. The van der Waals surface area contributed by atoms with Crippen molar-refractivity contribution in [1.82, 2.24) is 15.0 Å². The molecule has 0 spiro atoms. The minimum Gasteiger partial charge on any atom is -0.494 e. The number of halogens is 3. The third-order valence-corrected chi connectivity index (χ3v) is 5.32. The van der Waals surface area contributed by atoms with Crippen molar-refractivity contribution in [3.63, 3.8) is 0 Å². The van der Waals surface area contributed by atoms with Crippen molar-refractivity contribution in [2.24, 2.45) is 0 Å². The molecule has 0 saturated carbocycles. The molecule has 1 fully saturated rings. The highest BCUT2D eigenvalue weighted by Gasteiger charge is 2.24. The lowest BCUT2D eigenvalue weighted by Gasteiger charge is -2.28. The van der Waals surface area contributed by atoms with Gasteiger partial charge in [-0.2, -0.15) is 0 Å². The number of fused-ring (bicyclic) bond motifs is 1. The summed E-state index contributed by atoms with van der Waals surface area (Å²) >= 11 is 0. The van der Waals surface area contributed by atoms with Crippen LogP contribution in [0.5, 0.6) is 5.88 Å². The van der Waals surface area contributed by atoms with E-state index in [0.717, 1.165) is 30.9 Å². The molecule has 3 N–H and O–H groups in total. The molecule has 0 radical (unpaired) electrons. The Kier molecular flexibility index (Phi) is 5.06. The molecule has 164 valence electrons. The highest BCUT2D eigenvalue weighted by Crippen LogP contribution is 2.39. The number of hydrogen-bond donors (Lipinski definition) is 3. The van der Waals surface area contributed by atoms with Crippen molar-refractivity contribution in [2.45, 2.75) is 0 Å². The molecule has 0 atom stereocenters. The van der Waals surface area contributed by atoms with E-state index in [4.69, 9.17) is 4.74 Å². The second-order valence-electron chi connectivity index (χ2n) is 7.27. The molecule has 5 rings (SSSR count). The second kappa shape index (κ2) is 8.04. The van der Waals surface area contributed by atoms with Crippen molar-refractivity contribution in [3.05, 3.63) is 60.2 Å². The maximum atomic E-state index is 15.5. The number of morpholine rings is 1. The van der Waals surface area contributed by atoms with Crippen LogP contribution in [0, 0.1) is 17.5 Å². The first kappa shape index (κ1) is 20.1. The summed E-state index contributed by atoms with van der Waals surface area (Å²) in [6.07, 6.45) is 2.96. The van der Waals surface area contributed by atoms with Gasteiger partial charge in [0.15, 0.2) is 11.7 Å². The lowest BCUT2D eigenvalue weighted by Crippen LogP contribution is -2.36. The quantitative estimate of drug-likeness (QED) is 0.437. The monoisotopic (exact) mass is 441 g/mol. The number of aromatic amines is 1. The number of aromatic hydroxyl groups is 1. The molecule has 1 saturated heterocycles. The van der Waals surface area contributed by atoms with Gasteiger partial charge in [0.25, 0.3) is 0 Å². The predicted octanol–water partition coefficient (Wildman–Crippen LogP) is 4.33. The Hall–Kier alpha value is -3.79. The molecule has 32 heavy (non-hydrogen) atoms. The van der Waals surface area contributed by atoms with Gasteiger partial charge in [0.2, 0.25) is 0 Å². The molecule has 4 heterocycles. The van der Waals surface area contributed by atoms with Gasteiger partial charge < -0.3 is 25.0 Å². The molecule has 0 unspecified atom stereocenters. The van der Waals surface area contributed by atoms with E-state index in [1.54, 1.807) is 12.3 Å². The van der Waals surface area contributed by atoms with Crippen LogP contribution in [0.4, 0.5) is 30.4 Å². The summed E-state index contributed by atoms with van der Waals surface area (Å²) in [6, 6.07) is 6.72. The van der Waals surface area contributed by atoms with Gasteiger partial charge in [0.05, 0.1) is 47.3 Å². The SMILES string of the molecule is Oc1[nH]cc2nc(-c3c(F)cccc3F)c(F)c(Nc3ccc(N4CCOCC4)cn3)c12. The van der Waals surface area contributed by atoms with E-state index >= 15 is 4.39 Å². The minimum absolute atomic E-state index is 0.0436. The van der Waals surface area contributed by atoms with Gasteiger partial charge in [-0.3, -0.25) is 0 Å². The number of hydrogen-bond acceptors (Lipinski definition) is 6. The average molecular weight is 441 g/mol. The first-order chi connectivity index (χ1) is 15.5. The van der Waals surface area contributed by atoms with Gasteiger partial charge >= 0.3 is 0 Å². The van der Waals surface area contributed by atoms with Crippen molar-refractivity contribution < 1.29 is 23.0 Å². The Morgan fingerprint density at radius 2 is 1.81 bits per heavy atom. The summed E-state index contributed by atoms with van der Waals surface area (Å²) in [4.78, 5) is 13.0. The molecule has 0 amide bonds. The smallest absolute Gasteiger partial charge is 0.200 e. The molecule has 0 bridgehead atoms. The largest absolute Gasteiger partial charge is 0.494 e. The summed E-state index contributed by atoms with van der Waals surface area (Å²) in [5.74, 6) is -2.97. The third-order valence-electron chi connectivity index (χ3n) is 5.32. The molecule has 0 aliphatic carbocycles. The number of benzene rings is 1. The Morgan fingerprint density at radius 1 is 1.06 bits per heavy atom. The number of pyridine rings is 2. The van der Waals surface area contributed by atoms with Gasteiger partial charge in [-0.15, -0.1) is 0 Å². The molecule has 10 heteroatoms. The number of nitrogens with zero attached hydrogens (tertiary/aromatic N) is 3. The van der Waals surface area contributed by atoms with Crippen LogP contribution in [0.15, 0.2) is 42.7 Å². The Morgan fingerprint density at radius 3 is 2.50 bits per heavy atom. The van der Waals surface area contributed by atoms with E-state index in [-0.39, 0.29) is 28.3 Å². The lowest BCUT2D eigenvalue weighted by atomic mass is 10.1. The topological polar surface area (TPSA) is 86.3 Å².